The maximum Gasteiger partial charge on any atom is 0.416 e. The summed E-state index contributed by atoms with van der Waals surface area (Å²) in [7, 11) is -0.813. The molecule has 2 rings (SSSR count). The Labute approximate surface area is 159 Å². The molecule has 2 atom stereocenters. The van der Waals surface area contributed by atoms with Gasteiger partial charge in [0.05, 0.1) is 24.2 Å². The molecule has 0 bridgehead atoms. The molecule has 27 heavy (non-hydrogen) atoms. The van der Waals surface area contributed by atoms with Crippen LogP contribution >= 0.6 is 0 Å². The van der Waals surface area contributed by atoms with Gasteiger partial charge in [-0.1, -0.05) is 45.1 Å². The number of carbonyl (C=O) groups excluding carboxylic acids is 1. The minimum Gasteiger partial charge on any atom is -0.469 e. The Bertz CT molecular complexity index is 717. The van der Waals surface area contributed by atoms with E-state index in [2.05, 4.69) is 33.9 Å². The third kappa shape index (κ3) is 4.82. The standard InChI is InChI=1S/C20H27F3O3Si/c1-18(2,3)27(5,6)26-19(13-16(19)17(24)25-4)12-11-14-7-9-15(10-8-14)20(21,22)23/h7-12,16H,13H2,1-6H3/b12-11+/t16-,19-/m0/s1. The lowest BCUT2D eigenvalue weighted by atomic mass is 10.1. The van der Waals surface area contributed by atoms with Crippen LogP contribution in [0.5, 0.6) is 0 Å². The van der Waals surface area contributed by atoms with Crippen LogP contribution in [-0.4, -0.2) is 27.0 Å². The monoisotopic (exact) mass is 400 g/mol. The maximum absolute atomic E-state index is 12.7. The van der Waals surface area contributed by atoms with Gasteiger partial charge in [0.15, 0.2) is 8.32 Å². The summed E-state index contributed by atoms with van der Waals surface area (Å²) in [5, 5.41) is -0.0363. The quantitative estimate of drug-likeness (QED) is 0.472. The Morgan fingerprint density at radius 1 is 1.19 bits per heavy atom. The van der Waals surface area contributed by atoms with E-state index in [1.807, 2.05) is 0 Å². The van der Waals surface area contributed by atoms with E-state index in [1.165, 1.54) is 19.2 Å². The van der Waals surface area contributed by atoms with Gasteiger partial charge in [-0.3, -0.25) is 4.79 Å². The molecule has 1 aliphatic carbocycles. The van der Waals surface area contributed by atoms with Gasteiger partial charge in [-0.15, -0.1) is 0 Å². The fraction of sp³-hybridized carbons (Fsp3) is 0.550. The minimum atomic E-state index is -4.36. The van der Waals surface area contributed by atoms with E-state index in [1.54, 1.807) is 12.2 Å². The number of ether oxygens (including phenoxy) is 1. The van der Waals surface area contributed by atoms with Gasteiger partial charge in [0, 0.05) is 0 Å². The lowest BCUT2D eigenvalue weighted by Gasteiger charge is -2.39. The number of benzene rings is 1. The summed E-state index contributed by atoms with van der Waals surface area (Å²) < 4.78 is 49.5. The smallest absolute Gasteiger partial charge is 0.416 e. The number of rotatable bonds is 5. The molecule has 1 aromatic rings. The largest absolute Gasteiger partial charge is 0.469 e. The van der Waals surface area contributed by atoms with Gasteiger partial charge in [-0.05, 0) is 42.2 Å². The number of hydrogen-bond acceptors (Lipinski definition) is 3. The number of halogens is 3. The molecule has 0 amide bonds. The first-order valence-electron chi connectivity index (χ1n) is 8.86. The lowest BCUT2D eigenvalue weighted by molar-refractivity contribution is -0.143. The van der Waals surface area contributed by atoms with Crippen molar-refractivity contribution < 1.29 is 27.1 Å². The van der Waals surface area contributed by atoms with Crippen molar-refractivity contribution in [3.8, 4) is 0 Å². The van der Waals surface area contributed by atoms with Gasteiger partial charge in [-0.2, -0.15) is 13.2 Å². The van der Waals surface area contributed by atoms with Crippen LogP contribution in [0.2, 0.25) is 18.1 Å². The minimum absolute atomic E-state index is 0.0363. The Morgan fingerprint density at radius 3 is 2.19 bits per heavy atom. The summed E-state index contributed by atoms with van der Waals surface area (Å²) in [5.41, 5.74) is -0.818. The average Bonchev–Trinajstić information content (AvgIpc) is 3.24. The zero-order valence-corrected chi connectivity index (χ0v) is 17.6. The molecule has 0 heterocycles. The molecule has 0 N–H and O–H groups in total. The summed E-state index contributed by atoms with van der Waals surface area (Å²) in [6, 6.07) is 4.92. The molecular formula is C20H27F3O3Si. The highest BCUT2D eigenvalue weighted by Gasteiger charge is 2.62. The SMILES string of the molecule is COC(=O)[C@@H]1C[C@]1(/C=C/c1ccc(C(F)(F)F)cc1)O[Si](C)(C)C(C)(C)C. The molecule has 150 valence electrons. The summed E-state index contributed by atoms with van der Waals surface area (Å²) in [6.45, 7) is 10.5. The molecule has 0 unspecified atom stereocenters. The number of methoxy groups -OCH3 is 1. The van der Waals surface area contributed by atoms with Crippen LogP contribution in [0.3, 0.4) is 0 Å². The van der Waals surface area contributed by atoms with Gasteiger partial charge < -0.3 is 9.16 Å². The molecule has 1 aliphatic rings. The number of carbonyl (C=O) groups is 1. The normalized spacial score (nSPS) is 23.5. The van der Waals surface area contributed by atoms with Gasteiger partial charge in [-0.25, -0.2) is 0 Å². The van der Waals surface area contributed by atoms with Crippen molar-refractivity contribution in [2.75, 3.05) is 7.11 Å². The van der Waals surface area contributed by atoms with Crippen molar-refractivity contribution in [3.05, 3.63) is 41.5 Å². The fourth-order valence-electron chi connectivity index (χ4n) is 2.66. The van der Waals surface area contributed by atoms with Crippen LogP contribution < -0.4 is 0 Å². The van der Waals surface area contributed by atoms with Crippen molar-refractivity contribution in [1.29, 1.82) is 0 Å². The Hall–Kier alpha value is -1.60. The van der Waals surface area contributed by atoms with Crippen molar-refractivity contribution in [2.45, 2.75) is 57.1 Å². The first-order valence-corrected chi connectivity index (χ1v) is 11.8. The lowest BCUT2D eigenvalue weighted by Crippen LogP contribution is -2.45. The van der Waals surface area contributed by atoms with Crippen LogP contribution in [0.4, 0.5) is 13.2 Å². The molecule has 1 fully saturated rings. The van der Waals surface area contributed by atoms with Gasteiger partial charge in [0.1, 0.15) is 0 Å². The van der Waals surface area contributed by atoms with Crippen LogP contribution in [0.1, 0.15) is 38.3 Å². The maximum atomic E-state index is 12.7. The second kappa shape index (κ2) is 7.09. The molecule has 0 saturated heterocycles. The van der Waals surface area contributed by atoms with Crippen LogP contribution in [0.25, 0.3) is 6.08 Å². The second-order valence-electron chi connectivity index (χ2n) is 8.55. The van der Waals surface area contributed by atoms with Crippen LogP contribution in [0, 0.1) is 5.92 Å². The molecule has 0 aromatic heterocycles. The Morgan fingerprint density at radius 2 is 1.74 bits per heavy atom. The molecule has 1 aromatic carbocycles. The van der Waals surface area contributed by atoms with Gasteiger partial charge >= 0.3 is 12.1 Å². The van der Waals surface area contributed by atoms with E-state index in [4.69, 9.17) is 9.16 Å². The van der Waals surface area contributed by atoms with Crippen LogP contribution in [-0.2, 0) is 20.1 Å². The summed E-state index contributed by atoms with van der Waals surface area (Å²) in [5.74, 6) is -0.715. The average molecular weight is 401 g/mol. The third-order valence-corrected chi connectivity index (χ3v) is 9.99. The van der Waals surface area contributed by atoms with E-state index in [0.29, 0.717) is 12.0 Å². The van der Waals surface area contributed by atoms with E-state index in [9.17, 15) is 18.0 Å². The van der Waals surface area contributed by atoms with Gasteiger partial charge in [0.25, 0.3) is 0 Å². The Balaban J connectivity index is 2.26. The van der Waals surface area contributed by atoms with Crippen molar-refractivity contribution in [2.24, 2.45) is 5.92 Å². The van der Waals surface area contributed by atoms with E-state index >= 15 is 0 Å². The number of esters is 1. The van der Waals surface area contributed by atoms with E-state index < -0.39 is 25.7 Å². The van der Waals surface area contributed by atoms with Crippen molar-refractivity contribution in [1.82, 2.24) is 0 Å². The number of hydrogen-bond donors (Lipinski definition) is 0. The molecule has 0 aliphatic heterocycles. The highest BCUT2D eigenvalue weighted by atomic mass is 28.4. The topological polar surface area (TPSA) is 35.5 Å². The van der Waals surface area contributed by atoms with E-state index in [0.717, 1.165) is 12.1 Å². The summed E-state index contributed by atoms with van der Waals surface area (Å²) in [4.78, 5) is 12.0. The molecular weight excluding hydrogens is 373 g/mol. The highest BCUT2D eigenvalue weighted by molar-refractivity contribution is 6.74. The first kappa shape index (κ1) is 21.7. The van der Waals surface area contributed by atoms with Crippen molar-refractivity contribution >= 4 is 20.4 Å². The Kier molecular flexibility index (Phi) is 5.70. The zero-order chi connectivity index (χ0) is 20.7. The summed E-state index contributed by atoms with van der Waals surface area (Å²) in [6.07, 6.45) is -0.321. The second-order valence-corrected chi connectivity index (χ2v) is 13.3. The first-order chi connectivity index (χ1) is 12.2. The molecule has 3 nitrogen and oxygen atoms in total. The highest BCUT2D eigenvalue weighted by Crippen LogP contribution is 2.53. The molecule has 0 spiro atoms. The third-order valence-electron chi connectivity index (χ3n) is 5.49. The van der Waals surface area contributed by atoms with E-state index in [-0.39, 0.29) is 16.9 Å². The zero-order valence-electron chi connectivity index (χ0n) is 16.6. The predicted molar refractivity (Wildman–Crippen MR) is 102 cm³/mol. The molecule has 0 radical (unpaired) electrons. The molecule has 7 heteroatoms. The van der Waals surface area contributed by atoms with Crippen LogP contribution in [0.15, 0.2) is 30.3 Å². The van der Waals surface area contributed by atoms with Gasteiger partial charge in [0.2, 0.25) is 0 Å². The van der Waals surface area contributed by atoms with Crippen molar-refractivity contribution in [3.63, 3.8) is 0 Å². The predicted octanol–water partition coefficient (Wildman–Crippen LogP) is 5.67. The summed E-state index contributed by atoms with van der Waals surface area (Å²) >= 11 is 0. The molecule has 1 saturated carbocycles. The number of alkyl halides is 3. The fourth-order valence-corrected chi connectivity index (χ4v) is 4.21.